The number of ether oxygens (including phenoxy) is 1. The van der Waals surface area contributed by atoms with Crippen LogP contribution in [0.25, 0.3) is 6.08 Å². The third-order valence-corrected chi connectivity index (χ3v) is 3.39. The molecule has 2 aromatic carbocycles. The molecule has 3 rings (SSSR count). The molecule has 0 N–H and O–H groups in total. The van der Waals surface area contributed by atoms with Crippen LogP contribution in [0.1, 0.15) is 22.3 Å². The normalized spacial score (nSPS) is 16.1. The Morgan fingerprint density at radius 1 is 1.00 bits per heavy atom. The second-order valence-corrected chi connectivity index (χ2v) is 4.91. The first-order valence-electron chi connectivity index (χ1n) is 6.67. The standard InChI is InChI=1S/C17H11F3O2/c18-12-2-4-16-13(9-12)17(21)11(5-6-22-16)7-10-1-3-14(19)15(20)8-10/h1-4,7-9H,5-6H2/b11-7+. The van der Waals surface area contributed by atoms with Crippen LogP contribution in [-0.2, 0) is 0 Å². The Kier molecular flexibility index (Phi) is 3.71. The van der Waals surface area contributed by atoms with Gasteiger partial charge in [-0.1, -0.05) is 6.07 Å². The summed E-state index contributed by atoms with van der Waals surface area (Å²) in [7, 11) is 0. The van der Waals surface area contributed by atoms with Gasteiger partial charge in [0.15, 0.2) is 17.4 Å². The van der Waals surface area contributed by atoms with Crippen LogP contribution in [0.4, 0.5) is 13.2 Å². The van der Waals surface area contributed by atoms with Crippen molar-refractivity contribution in [1.29, 1.82) is 0 Å². The molecule has 0 unspecified atom stereocenters. The predicted molar refractivity (Wildman–Crippen MR) is 75.2 cm³/mol. The highest BCUT2D eigenvalue weighted by Crippen LogP contribution is 2.28. The molecule has 0 saturated heterocycles. The molecule has 0 amide bonds. The fourth-order valence-electron chi connectivity index (χ4n) is 2.30. The lowest BCUT2D eigenvalue weighted by Gasteiger charge is -2.05. The van der Waals surface area contributed by atoms with Gasteiger partial charge in [0.1, 0.15) is 11.6 Å². The maximum absolute atomic E-state index is 13.3. The third kappa shape index (κ3) is 2.74. The lowest BCUT2D eigenvalue weighted by molar-refractivity contribution is 0.103. The zero-order valence-corrected chi connectivity index (χ0v) is 11.4. The number of rotatable bonds is 1. The minimum Gasteiger partial charge on any atom is -0.492 e. The number of halogens is 3. The molecule has 0 atom stereocenters. The molecule has 0 radical (unpaired) electrons. The minimum absolute atomic E-state index is 0.131. The van der Waals surface area contributed by atoms with E-state index < -0.39 is 17.5 Å². The molecule has 22 heavy (non-hydrogen) atoms. The monoisotopic (exact) mass is 304 g/mol. The Morgan fingerprint density at radius 2 is 1.82 bits per heavy atom. The number of carbonyl (C=O) groups excluding carboxylic acids is 1. The average molecular weight is 304 g/mol. The Bertz CT molecular complexity index is 781. The number of benzene rings is 2. The van der Waals surface area contributed by atoms with Gasteiger partial charge in [-0.25, -0.2) is 13.2 Å². The maximum Gasteiger partial charge on any atom is 0.192 e. The Balaban J connectivity index is 2.02. The SMILES string of the molecule is O=C1/C(=C/c2ccc(F)c(F)c2)CCOc2ccc(F)cc21. The topological polar surface area (TPSA) is 26.3 Å². The van der Waals surface area contributed by atoms with Crippen molar-refractivity contribution >= 4 is 11.9 Å². The van der Waals surface area contributed by atoms with E-state index in [0.29, 0.717) is 23.3 Å². The van der Waals surface area contributed by atoms with Crippen molar-refractivity contribution in [1.82, 2.24) is 0 Å². The lowest BCUT2D eigenvalue weighted by atomic mass is 9.99. The van der Waals surface area contributed by atoms with Crippen molar-refractivity contribution < 1.29 is 22.7 Å². The molecule has 0 bridgehead atoms. The fraction of sp³-hybridized carbons (Fsp3) is 0.118. The molecule has 0 saturated carbocycles. The summed E-state index contributed by atoms with van der Waals surface area (Å²) >= 11 is 0. The number of hydrogen-bond acceptors (Lipinski definition) is 2. The zero-order chi connectivity index (χ0) is 15.7. The average Bonchev–Trinajstić information content (AvgIpc) is 2.64. The van der Waals surface area contributed by atoms with Crippen LogP contribution >= 0.6 is 0 Å². The van der Waals surface area contributed by atoms with Crippen LogP contribution in [0.2, 0.25) is 0 Å². The highest BCUT2D eigenvalue weighted by Gasteiger charge is 2.21. The van der Waals surface area contributed by atoms with Gasteiger partial charge in [0.25, 0.3) is 0 Å². The molecule has 112 valence electrons. The Labute approximate surface area is 124 Å². The summed E-state index contributed by atoms with van der Waals surface area (Å²) in [5, 5.41) is 0. The van der Waals surface area contributed by atoms with E-state index in [-0.39, 0.29) is 18.0 Å². The van der Waals surface area contributed by atoms with E-state index in [9.17, 15) is 18.0 Å². The van der Waals surface area contributed by atoms with Gasteiger partial charge in [-0.15, -0.1) is 0 Å². The van der Waals surface area contributed by atoms with Crippen molar-refractivity contribution in [3.8, 4) is 5.75 Å². The summed E-state index contributed by atoms with van der Waals surface area (Å²) < 4.78 is 44.9. The molecule has 1 aliphatic rings. The zero-order valence-electron chi connectivity index (χ0n) is 11.4. The minimum atomic E-state index is -0.988. The van der Waals surface area contributed by atoms with Crippen LogP contribution in [0, 0.1) is 17.5 Å². The van der Waals surface area contributed by atoms with Gasteiger partial charge in [0.05, 0.1) is 12.2 Å². The van der Waals surface area contributed by atoms with E-state index in [0.717, 1.165) is 18.2 Å². The van der Waals surface area contributed by atoms with Crippen molar-refractivity contribution in [2.75, 3.05) is 6.61 Å². The van der Waals surface area contributed by atoms with Gasteiger partial charge < -0.3 is 4.74 Å². The Morgan fingerprint density at radius 3 is 2.59 bits per heavy atom. The molecular weight excluding hydrogens is 293 g/mol. The number of hydrogen-bond donors (Lipinski definition) is 0. The van der Waals surface area contributed by atoms with E-state index in [1.165, 1.54) is 24.3 Å². The van der Waals surface area contributed by atoms with Gasteiger partial charge >= 0.3 is 0 Å². The number of carbonyl (C=O) groups is 1. The maximum atomic E-state index is 13.3. The molecular formula is C17H11F3O2. The smallest absolute Gasteiger partial charge is 0.192 e. The molecule has 1 aliphatic heterocycles. The first-order valence-corrected chi connectivity index (χ1v) is 6.67. The first kappa shape index (κ1) is 14.4. The number of fused-ring (bicyclic) bond motifs is 1. The van der Waals surface area contributed by atoms with E-state index in [1.54, 1.807) is 0 Å². The van der Waals surface area contributed by atoms with Gasteiger partial charge in [0.2, 0.25) is 0 Å². The first-order chi connectivity index (χ1) is 10.5. The van der Waals surface area contributed by atoms with E-state index in [4.69, 9.17) is 4.74 Å². The third-order valence-electron chi connectivity index (χ3n) is 3.39. The summed E-state index contributed by atoms with van der Waals surface area (Å²) in [6.07, 6.45) is 1.77. The molecule has 2 nitrogen and oxygen atoms in total. The quantitative estimate of drug-likeness (QED) is 0.740. The van der Waals surface area contributed by atoms with Crippen LogP contribution < -0.4 is 4.74 Å². The molecule has 1 heterocycles. The van der Waals surface area contributed by atoms with Crippen LogP contribution in [0.3, 0.4) is 0 Å². The number of ketones is 1. The molecule has 0 aliphatic carbocycles. The second kappa shape index (κ2) is 5.67. The highest BCUT2D eigenvalue weighted by atomic mass is 19.2. The second-order valence-electron chi connectivity index (χ2n) is 4.91. The molecule has 0 fully saturated rings. The fourth-order valence-corrected chi connectivity index (χ4v) is 2.30. The van der Waals surface area contributed by atoms with Crippen LogP contribution in [-0.4, -0.2) is 12.4 Å². The molecule has 0 spiro atoms. The summed E-state index contributed by atoms with van der Waals surface area (Å²) in [6.45, 7) is 0.250. The summed E-state index contributed by atoms with van der Waals surface area (Å²) in [5.41, 5.74) is 0.851. The summed E-state index contributed by atoms with van der Waals surface area (Å²) in [6, 6.07) is 7.11. The largest absolute Gasteiger partial charge is 0.492 e. The summed E-state index contributed by atoms with van der Waals surface area (Å²) in [5.74, 6) is -2.54. The predicted octanol–water partition coefficient (Wildman–Crippen LogP) is 4.15. The van der Waals surface area contributed by atoms with Crippen LogP contribution in [0.15, 0.2) is 42.0 Å². The van der Waals surface area contributed by atoms with Gasteiger partial charge in [-0.2, -0.15) is 0 Å². The van der Waals surface area contributed by atoms with Gasteiger partial charge in [-0.3, -0.25) is 4.79 Å². The van der Waals surface area contributed by atoms with Crippen LogP contribution in [0.5, 0.6) is 5.75 Å². The van der Waals surface area contributed by atoms with Gasteiger partial charge in [-0.05, 0) is 42.0 Å². The molecule has 2 aromatic rings. The molecule has 5 heteroatoms. The lowest BCUT2D eigenvalue weighted by Crippen LogP contribution is -2.02. The van der Waals surface area contributed by atoms with E-state index >= 15 is 0 Å². The number of Topliss-reactive ketones (excluding diaryl/α,β-unsaturated/α-hetero) is 1. The molecule has 0 aromatic heterocycles. The summed E-state index contributed by atoms with van der Waals surface area (Å²) in [4.78, 5) is 12.5. The highest BCUT2D eigenvalue weighted by molar-refractivity contribution is 6.13. The van der Waals surface area contributed by atoms with Crippen molar-refractivity contribution in [2.24, 2.45) is 0 Å². The van der Waals surface area contributed by atoms with Crippen molar-refractivity contribution in [3.05, 3.63) is 70.5 Å². The van der Waals surface area contributed by atoms with Crippen molar-refractivity contribution in [2.45, 2.75) is 6.42 Å². The Hall–Kier alpha value is -2.56. The van der Waals surface area contributed by atoms with E-state index in [2.05, 4.69) is 0 Å². The van der Waals surface area contributed by atoms with E-state index in [1.807, 2.05) is 0 Å². The van der Waals surface area contributed by atoms with Crippen molar-refractivity contribution in [3.63, 3.8) is 0 Å². The van der Waals surface area contributed by atoms with Gasteiger partial charge in [0, 0.05) is 12.0 Å².